The van der Waals surface area contributed by atoms with Gasteiger partial charge in [-0.2, -0.15) is 0 Å². The van der Waals surface area contributed by atoms with Crippen LogP contribution in [0.1, 0.15) is 109 Å². The summed E-state index contributed by atoms with van der Waals surface area (Å²) < 4.78 is 4.93. The molecule has 62 heavy (non-hydrogen) atoms. The van der Waals surface area contributed by atoms with Gasteiger partial charge in [0, 0.05) is 19.3 Å². The van der Waals surface area contributed by atoms with Gasteiger partial charge in [0.1, 0.15) is 36.4 Å². The van der Waals surface area contributed by atoms with Crippen molar-refractivity contribution in [2.24, 2.45) is 11.8 Å². The molecule has 344 valence electrons. The zero-order valence-corrected chi connectivity index (χ0v) is 35.5. The van der Waals surface area contributed by atoms with Crippen molar-refractivity contribution >= 4 is 60.7 Å². The van der Waals surface area contributed by atoms with Crippen LogP contribution in [0, 0.1) is 18.8 Å². The molecule has 0 heterocycles. The Morgan fingerprint density at radius 1 is 0.677 bits per heavy atom. The molecule has 0 bridgehead atoms. The second kappa shape index (κ2) is 26.7. The van der Waals surface area contributed by atoms with Crippen molar-refractivity contribution in [1.29, 1.82) is 0 Å². The fourth-order valence-electron chi connectivity index (χ4n) is 6.94. The number of hydrogen-bond donors (Lipinski definition) is 11. The summed E-state index contributed by atoms with van der Waals surface area (Å²) in [6.07, 6.45) is -0.825. The molecule has 6 amide bonds. The molecule has 2 rings (SSSR count). The molecule has 1 unspecified atom stereocenters. The molecule has 6 atom stereocenters. The molecule has 0 radical (unpaired) electrons. The second-order valence-electron chi connectivity index (χ2n) is 15.7. The average molecular weight is 877 g/mol. The molecule has 21 nitrogen and oxygen atoms in total. The number of aryl methyl sites for hydroxylation is 1. The van der Waals surface area contributed by atoms with Crippen LogP contribution in [0.2, 0.25) is 0 Å². The zero-order valence-electron chi connectivity index (χ0n) is 35.5. The highest BCUT2D eigenvalue weighted by molar-refractivity contribution is 6.32. The maximum atomic E-state index is 14.4. The predicted molar refractivity (Wildman–Crippen MR) is 220 cm³/mol. The van der Waals surface area contributed by atoms with Crippen LogP contribution in [0.4, 0.5) is 0 Å². The van der Waals surface area contributed by atoms with E-state index in [0.717, 1.165) is 24.8 Å². The number of amides is 6. The second-order valence-corrected chi connectivity index (χ2v) is 15.7. The van der Waals surface area contributed by atoms with Crippen LogP contribution in [0.3, 0.4) is 0 Å². The zero-order chi connectivity index (χ0) is 46.5. The lowest BCUT2D eigenvalue weighted by atomic mass is 9.83. The largest absolute Gasteiger partial charge is 0.635 e. The summed E-state index contributed by atoms with van der Waals surface area (Å²) in [6.45, 7) is 7.06. The highest BCUT2D eigenvalue weighted by atomic mass is 16.6. The number of carbonyl (C=O) groups is 9. The van der Waals surface area contributed by atoms with Crippen molar-refractivity contribution in [3.63, 3.8) is 0 Å². The van der Waals surface area contributed by atoms with Gasteiger partial charge < -0.3 is 61.9 Å². The van der Waals surface area contributed by atoms with Crippen LogP contribution in [-0.4, -0.2) is 122 Å². The Hall–Kier alpha value is -5.61. The van der Waals surface area contributed by atoms with E-state index in [4.69, 9.17) is 9.76 Å². The van der Waals surface area contributed by atoms with Crippen molar-refractivity contribution < 1.29 is 73.2 Å². The van der Waals surface area contributed by atoms with Gasteiger partial charge in [-0.25, -0.2) is 0 Å². The van der Waals surface area contributed by atoms with Crippen molar-refractivity contribution in [3.05, 3.63) is 35.4 Å². The Balaban J connectivity index is 2.50. The van der Waals surface area contributed by atoms with Crippen LogP contribution in [0.5, 0.6) is 0 Å². The Morgan fingerprint density at radius 3 is 1.81 bits per heavy atom. The average Bonchev–Trinajstić information content (AvgIpc) is 3.19. The molecule has 1 saturated carbocycles. The third-order valence-electron chi connectivity index (χ3n) is 10.2. The molecule has 0 aliphatic heterocycles. The number of nitrogens with one attached hydrogen (secondary N) is 6. The topological polar surface area (TPSA) is 336 Å². The number of aliphatic carboxylic acids is 3. The first-order chi connectivity index (χ1) is 29.2. The van der Waals surface area contributed by atoms with Gasteiger partial charge in [-0.1, -0.05) is 64.3 Å². The molecule has 0 saturated heterocycles. The summed E-state index contributed by atoms with van der Waals surface area (Å²) in [5.74, 6) is -10.1. The summed E-state index contributed by atoms with van der Waals surface area (Å²) >= 11 is 0. The lowest BCUT2D eigenvalue weighted by molar-refractivity contribution is -0.142. The lowest BCUT2D eigenvalue weighted by Gasteiger charge is -2.33. The summed E-state index contributed by atoms with van der Waals surface area (Å²) in [5, 5.41) is 61.4. The normalized spacial score (nSPS) is 15.7. The molecule has 1 aliphatic rings. The molecule has 11 N–H and O–H groups in total. The molecule has 0 spiro atoms. The summed E-state index contributed by atoms with van der Waals surface area (Å²) in [7, 11) is -2.17. The van der Waals surface area contributed by atoms with E-state index >= 15 is 0 Å². The maximum absolute atomic E-state index is 14.4. The van der Waals surface area contributed by atoms with Gasteiger partial charge in [0.15, 0.2) is 0 Å². The van der Waals surface area contributed by atoms with Gasteiger partial charge in [-0.3, -0.25) is 43.2 Å². The number of carboxylic acid groups (broad SMARTS) is 3. The number of carbonyl (C=O) groups excluding carboxylic acids is 6. The third kappa shape index (κ3) is 19.4. The van der Waals surface area contributed by atoms with E-state index in [1.165, 1.54) is 0 Å². The number of carboxylic acids is 3. The minimum Gasteiger partial charge on any atom is -0.481 e. The molecular weight excluding hydrogens is 815 g/mol. The molecule has 1 aromatic rings. The molecule has 1 aromatic carbocycles. The van der Waals surface area contributed by atoms with Crippen LogP contribution in [0.15, 0.2) is 24.3 Å². The van der Waals surface area contributed by atoms with Crippen LogP contribution < -0.4 is 31.9 Å². The fraction of sp³-hybridized carbons (Fsp3) is 0.625. The molecule has 1 aliphatic carbocycles. The minimum absolute atomic E-state index is 0.103. The molecule has 1 fully saturated rings. The minimum atomic E-state index is -2.17. The quantitative estimate of drug-likeness (QED) is 0.0397. The van der Waals surface area contributed by atoms with E-state index in [1.807, 2.05) is 13.8 Å². The van der Waals surface area contributed by atoms with E-state index in [1.54, 1.807) is 38.1 Å². The van der Waals surface area contributed by atoms with E-state index in [0.29, 0.717) is 18.4 Å². The Bertz CT molecular complexity index is 1720. The van der Waals surface area contributed by atoms with Crippen LogP contribution in [-0.2, 0) is 54.2 Å². The lowest BCUT2D eigenvalue weighted by Crippen LogP contribution is -2.61. The maximum Gasteiger partial charge on any atom is 0.635 e. The smallest absolute Gasteiger partial charge is 0.481 e. The predicted octanol–water partition coefficient (Wildman–Crippen LogP) is -0.369. The van der Waals surface area contributed by atoms with Crippen LogP contribution >= 0.6 is 0 Å². The molecule has 0 aromatic heterocycles. The van der Waals surface area contributed by atoms with Crippen LogP contribution in [0.25, 0.3) is 0 Å². The monoisotopic (exact) mass is 876 g/mol. The van der Waals surface area contributed by atoms with E-state index in [-0.39, 0.29) is 31.1 Å². The first-order valence-electron chi connectivity index (χ1n) is 20.7. The highest BCUT2D eigenvalue weighted by Gasteiger charge is 2.37. The summed E-state index contributed by atoms with van der Waals surface area (Å²) in [6, 6.07) is -0.329. The van der Waals surface area contributed by atoms with E-state index in [9.17, 15) is 63.4 Å². The Labute approximate surface area is 360 Å². The van der Waals surface area contributed by atoms with Gasteiger partial charge in [0.25, 0.3) is 0 Å². The van der Waals surface area contributed by atoms with Crippen molar-refractivity contribution in [2.75, 3.05) is 0 Å². The van der Waals surface area contributed by atoms with Crippen molar-refractivity contribution in [2.45, 2.75) is 148 Å². The summed E-state index contributed by atoms with van der Waals surface area (Å²) in [4.78, 5) is 116. The molecule has 22 heteroatoms. The molecular formula is C40H61BN6O15. The van der Waals surface area contributed by atoms with Gasteiger partial charge in [0.05, 0.1) is 12.8 Å². The van der Waals surface area contributed by atoms with Gasteiger partial charge >= 0.3 is 25.2 Å². The first-order valence-corrected chi connectivity index (χ1v) is 20.7. The standard InChI is InChI=1S/C40H61BN6O15/c1-5-31(62-41(60)61)46-38(57)27(19-22(2)3)45-40(59)35(24-12-7-6-8-13-24)47-39(58)28(20-25-14-10-9-11-23(25)4)44-36(55)26(15-17-32(49)50)43-37(56)29(21-34(53)54)42-30(48)16-18-33(51)52/h9-11,14,22,24,26-29,31,35,60-61H,5-8,12-13,15-21H2,1-4H3,(H,42,48)(H,43,56)(H,44,55)(H,45,59)(H,46,57)(H,47,58)(H,49,50)(H,51,52)(H,53,54)/t26-,27-,28-,29-,31?,35-/m0/s1. The van der Waals surface area contributed by atoms with Gasteiger partial charge in [0.2, 0.25) is 35.4 Å². The van der Waals surface area contributed by atoms with Crippen molar-refractivity contribution in [1.82, 2.24) is 31.9 Å². The number of rotatable bonds is 27. The highest BCUT2D eigenvalue weighted by Crippen LogP contribution is 2.27. The first kappa shape index (κ1) is 52.5. The van der Waals surface area contributed by atoms with E-state index in [2.05, 4.69) is 31.9 Å². The SMILES string of the molecule is CCC(NC(=O)[C@H](CC(C)C)NC(=O)[C@@H](NC(=O)[C@H](Cc1ccccc1C)NC(=O)[C@H](CCC(=O)O)NC(=O)[C@H](CC(=O)O)NC(=O)CCC(=O)O)C1CCCCC1)OB(O)O. The van der Waals surface area contributed by atoms with Gasteiger partial charge in [-0.05, 0) is 62.0 Å². The fourth-order valence-corrected chi connectivity index (χ4v) is 6.94. The Kier molecular flexibility index (Phi) is 22.6. The summed E-state index contributed by atoms with van der Waals surface area (Å²) in [5.41, 5.74) is 1.34. The van der Waals surface area contributed by atoms with Gasteiger partial charge in [-0.15, -0.1) is 0 Å². The van der Waals surface area contributed by atoms with E-state index < -0.39 is 129 Å². The number of hydrogen-bond acceptors (Lipinski definition) is 12. The third-order valence-corrected chi connectivity index (χ3v) is 10.2. The Morgan fingerprint density at radius 2 is 1.24 bits per heavy atom. The van der Waals surface area contributed by atoms with Crippen molar-refractivity contribution in [3.8, 4) is 0 Å². The number of benzene rings is 1.